The maximum Gasteiger partial charge on any atom is 0.0300 e. The Balaban J connectivity index is 3.81. The van der Waals surface area contributed by atoms with Gasteiger partial charge in [0.1, 0.15) is 0 Å². The second-order valence-corrected chi connectivity index (χ2v) is 6.52. The van der Waals surface area contributed by atoms with Gasteiger partial charge in [0.25, 0.3) is 0 Å². The fraction of sp³-hybridized carbons (Fsp3) is 1.00. The molecule has 0 aliphatic rings. The van der Waals surface area contributed by atoms with Crippen molar-refractivity contribution in [3.8, 4) is 0 Å². The molecule has 0 saturated carbocycles. The van der Waals surface area contributed by atoms with Crippen LogP contribution in [0.25, 0.3) is 0 Å². The highest BCUT2D eigenvalue weighted by molar-refractivity contribution is 4.85. The molecule has 0 spiro atoms. The topological polar surface area (TPSA) is 29.3 Å². The molecule has 0 aromatic rings. The van der Waals surface area contributed by atoms with Crippen LogP contribution < -0.4 is 5.73 Å². The summed E-state index contributed by atoms with van der Waals surface area (Å²) in [5, 5.41) is 0. The van der Waals surface area contributed by atoms with E-state index in [0.717, 1.165) is 13.0 Å². The van der Waals surface area contributed by atoms with Crippen LogP contribution in [0.3, 0.4) is 0 Å². The van der Waals surface area contributed by atoms with Gasteiger partial charge in [0.15, 0.2) is 0 Å². The van der Waals surface area contributed by atoms with Crippen LogP contribution >= 0.6 is 0 Å². The van der Waals surface area contributed by atoms with E-state index in [1.807, 2.05) is 0 Å². The minimum atomic E-state index is 0.205. The molecule has 0 bridgehead atoms. The summed E-state index contributed by atoms with van der Waals surface area (Å²) < 4.78 is 0. The summed E-state index contributed by atoms with van der Waals surface area (Å²) in [6.45, 7) is 12.3. The third kappa shape index (κ3) is 8.26. The summed E-state index contributed by atoms with van der Waals surface area (Å²) in [6, 6.07) is 0. The standard InChI is InChI=1S/C18H40N2/c1-5-8-9-10-11-12-13-14-16-20(15-6-2)18(4,7-3)17-19/h5-17,19H2,1-4H3. The number of hydrogen-bond donors (Lipinski definition) is 1. The Kier molecular flexibility index (Phi) is 12.6. The number of nitrogens with two attached hydrogens (primary N) is 1. The van der Waals surface area contributed by atoms with Crippen LogP contribution in [0, 0.1) is 0 Å². The van der Waals surface area contributed by atoms with Gasteiger partial charge < -0.3 is 5.73 Å². The van der Waals surface area contributed by atoms with Gasteiger partial charge in [0.05, 0.1) is 0 Å². The maximum absolute atomic E-state index is 6.01. The number of unbranched alkanes of at least 4 members (excludes halogenated alkanes) is 7. The van der Waals surface area contributed by atoms with Gasteiger partial charge in [0, 0.05) is 12.1 Å². The van der Waals surface area contributed by atoms with Crippen LogP contribution in [0.15, 0.2) is 0 Å². The summed E-state index contributed by atoms with van der Waals surface area (Å²) in [7, 11) is 0. The summed E-state index contributed by atoms with van der Waals surface area (Å²) in [5.41, 5.74) is 6.21. The highest BCUT2D eigenvalue weighted by atomic mass is 15.2. The summed E-state index contributed by atoms with van der Waals surface area (Å²) >= 11 is 0. The van der Waals surface area contributed by atoms with E-state index in [4.69, 9.17) is 5.73 Å². The second-order valence-electron chi connectivity index (χ2n) is 6.52. The average Bonchev–Trinajstić information content (AvgIpc) is 2.48. The van der Waals surface area contributed by atoms with Crippen LogP contribution in [0.2, 0.25) is 0 Å². The average molecular weight is 285 g/mol. The monoisotopic (exact) mass is 284 g/mol. The number of rotatable bonds is 14. The summed E-state index contributed by atoms with van der Waals surface area (Å²) in [5.74, 6) is 0. The summed E-state index contributed by atoms with van der Waals surface area (Å²) in [4.78, 5) is 2.63. The zero-order chi connectivity index (χ0) is 15.3. The fourth-order valence-corrected chi connectivity index (χ4v) is 2.86. The molecule has 0 aliphatic heterocycles. The summed E-state index contributed by atoms with van der Waals surface area (Å²) in [6.07, 6.45) is 13.6. The zero-order valence-corrected chi connectivity index (χ0v) is 14.7. The normalized spacial score (nSPS) is 14.7. The highest BCUT2D eigenvalue weighted by Crippen LogP contribution is 2.19. The molecule has 0 aliphatic carbocycles. The van der Waals surface area contributed by atoms with Crippen LogP contribution in [-0.4, -0.2) is 30.1 Å². The van der Waals surface area contributed by atoms with Gasteiger partial charge in [0.2, 0.25) is 0 Å². The van der Waals surface area contributed by atoms with Gasteiger partial charge in [-0.25, -0.2) is 0 Å². The van der Waals surface area contributed by atoms with Gasteiger partial charge in [-0.05, 0) is 39.3 Å². The minimum Gasteiger partial charge on any atom is -0.329 e. The minimum absolute atomic E-state index is 0.205. The van der Waals surface area contributed by atoms with E-state index in [1.165, 1.54) is 70.9 Å². The number of nitrogens with zero attached hydrogens (tertiary/aromatic N) is 1. The molecule has 0 saturated heterocycles. The Hall–Kier alpha value is -0.0800. The smallest absolute Gasteiger partial charge is 0.0300 e. The first-order valence-corrected chi connectivity index (χ1v) is 9.09. The first-order valence-electron chi connectivity index (χ1n) is 9.09. The van der Waals surface area contributed by atoms with Gasteiger partial charge in [-0.3, -0.25) is 4.90 Å². The second kappa shape index (κ2) is 12.6. The Morgan fingerprint density at radius 1 is 0.750 bits per heavy atom. The van der Waals surface area contributed by atoms with E-state index in [0.29, 0.717) is 0 Å². The van der Waals surface area contributed by atoms with Crippen LogP contribution in [0.5, 0.6) is 0 Å². The number of hydrogen-bond acceptors (Lipinski definition) is 2. The molecule has 1 unspecified atom stereocenters. The van der Waals surface area contributed by atoms with Gasteiger partial charge in [-0.15, -0.1) is 0 Å². The van der Waals surface area contributed by atoms with Crippen molar-refractivity contribution >= 4 is 0 Å². The molecule has 0 fully saturated rings. The molecular weight excluding hydrogens is 244 g/mol. The van der Waals surface area contributed by atoms with Crippen LogP contribution in [0.1, 0.15) is 91.9 Å². The van der Waals surface area contributed by atoms with Crippen molar-refractivity contribution in [3.63, 3.8) is 0 Å². The molecule has 0 radical (unpaired) electrons. The molecule has 0 heterocycles. The molecule has 1 atom stereocenters. The van der Waals surface area contributed by atoms with Crippen molar-refractivity contribution in [3.05, 3.63) is 0 Å². The fourth-order valence-electron chi connectivity index (χ4n) is 2.86. The molecule has 0 amide bonds. The first kappa shape index (κ1) is 19.9. The lowest BCUT2D eigenvalue weighted by Crippen LogP contribution is -2.51. The third-order valence-electron chi connectivity index (χ3n) is 4.74. The predicted molar refractivity (Wildman–Crippen MR) is 92.2 cm³/mol. The Bertz CT molecular complexity index is 200. The molecule has 0 aromatic heterocycles. The van der Waals surface area contributed by atoms with Gasteiger partial charge >= 0.3 is 0 Å². The predicted octanol–water partition coefficient (Wildman–Crippen LogP) is 4.97. The lowest BCUT2D eigenvalue weighted by molar-refractivity contribution is 0.103. The first-order chi connectivity index (χ1) is 9.64. The van der Waals surface area contributed by atoms with Crippen molar-refractivity contribution in [1.29, 1.82) is 0 Å². The molecule has 2 nitrogen and oxygen atoms in total. The van der Waals surface area contributed by atoms with E-state index in [1.54, 1.807) is 0 Å². The molecule has 2 N–H and O–H groups in total. The van der Waals surface area contributed by atoms with E-state index in [9.17, 15) is 0 Å². The van der Waals surface area contributed by atoms with Gasteiger partial charge in [-0.2, -0.15) is 0 Å². The molecule has 122 valence electrons. The Labute approximate surface area is 128 Å². The van der Waals surface area contributed by atoms with E-state index in [2.05, 4.69) is 32.6 Å². The zero-order valence-electron chi connectivity index (χ0n) is 14.7. The molecule has 0 aromatic carbocycles. The largest absolute Gasteiger partial charge is 0.329 e. The Morgan fingerprint density at radius 2 is 1.30 bits per heavy atom. The lowest BCUT2D eigenvalue weighted by atomic mass is 9.95. The van der Waals surface area contributed by atoms with Crippen LogP contribution in [0.4, 0.5) is 0 Å². The SMILES string of the molecule is CCCCCCCCCCN(CCC)C(C)(CC)CN. The Morgan fingerprint density at radius 3 is 1.75 bits per heavy atom. The maximum atomic E-state index is 6.01. The van der Waals surface area contributed by atoms with E-state index < -0.39 is 0 Å². The third-order valence-corrected chi connectivity index (χ3v) is 4.74. The van der Waals surface area contributed by atoms with E-state index >= 15 is 0 Å². The van der Waals surface area contributed by atoms with Crippen molar-refractivity contribution < 1.29 is 0 Å². The lowest BCUT2D eigenvalue weighted by Gasteiger charge is -2.40. The highest BCUT2D eigenvalue weighted by Gasteiger charge is 2.27. The quantitative estimate of drug-likeness (QED) is 0.456. The molecule has 20 heavy (non-hydrogen) atoms. The van der Waals surface area contributed by atoms with Crippen molar-refractivity contribution in [2.45, 2.75) is 97.4 Å². The molecule has 0 rings (SSSR count). The molecule has 2 heteroatoms. The van der Waals surface area contributed by atoms with Crippen LogP contribution in [-0.2, 0) is 0 Å². The van der Waals surface area contributed by atoms with Gasteiger partial charge in [-0.1, -0.05) is 65.7 Å². The molecular formula is C18H40N2. The van der Waals surface area contributed by atoms with Crippen molar-refractivity contribution in [1.82, 2.24) is 4.90 Å². The van der Waals surface area contributed by atoms with Crippen molar-refractivity contribution in [2.75, 3.05) is 19.6 Å². The van der Waals surface area contributed by atoms with E-state index in [-0.39, 0.29) is 5.54 Å². The van der Waals surface area contributed by atoms with Crippen molar-refractivity contribution in [2.24, 2.45) is 5.73 Å².